The minimum absolute atomic E-state index is 0. The molecule has 1 aromatic rings. The number of ether oxygens (including phenoxy) is 1. The summed E-state index contributed by atoms with van der Waals surface area (Å²) in [5.74, 6) is -0.414. The lowest BCUT2D eigenvalue weighted by molar-refractivity contribution is -0.0000128. The van der Waals surface area contributed by atoms with Crippen LogP contribution in [0.3, 0.4) is 0 Å². The standard InChI is InChI=1S/C7H5IN2O7S2.BrH/c1-17-6-3(8)2-4(18(11,12)13)5(10-9)7(6)19(14,15)16;/h2H,1H3,(H-,11,12,13,14,15,16);1H. The van der Waals surface area contributed by atoms with Crippen LogP contribution in [0.2, 0.25) is 0 Å². The maximum absolute atomic E-state index is 11.2. The SMILES string of the molecule is COc1c(I)cc(S(=O)(=O)O)c([N+]#N)c1S(=O)(=O)O.[Br-]. The predicted molar refractivity (Wildman–Crippen MR) is 70.1 cm³/mol. The van der Waals surface area contributed by atoms with E-state index in [1.165, 1.54) is 22.6 Å². The zero-order valence-electron chi connectivity index (χ0n) is 9.48. The Balaban J connectivity index is 0.00000361. The number of benzene rings is 1. The van der Waals surface area contributed by atoms with Crippen molar-refractivity contribution in [3.63, 3.8) is 0 Å². The first-order chi connectivity index (χ1) is 8.54. The molecule has 2 N–H and O–H groups in total. The van der Waals surface area contributed by atoms with Crippen molar-refractivity contribution in [3.8, 4) is 5.75 Å². The summed E-state index contributed by atoms with van der Waals surface area (Å²) < 4.78 is 67.4. The number of rotatable bonds is 3. The smallest absolute Gasteiger partial charge is 0.430 e. The third kappa shape index (κ3) is 3.77. The van der Waals surface area contributed by atoms with Crippen molar-refractivity contribution in [1.82, 2.24) is 0 Å². The van der Waals surface area contributed by atoms with Crippen LogP contribution in [0.1, 0.15) is 0 Å². The zero-order chi connectivity index (χ0) is 15.0. The molecule has 0 unspecified atom stereocenters. The Kier molecular flexibility index (Phi) is 6.32. The third-order valence-electron chi connectivity index (χ3n) is 1.97. The van der Waals surface area contributed by atoms with Crippen molar-refractivity contribution in [2.75, 3.05) is 7.11 Å². The van der Waals surface area contributed by atoms with Crippen molar-refractivity contribution in [2.24, 2.45) is 0 Å². The molecule has 20 heavy (non-hydrogen) atoms. The van der Waals surface area contributed by atoms with E-state index in [0.29, 0.717) is 0 Å². The van der Waals surface area contributed by atoms with Gasteiger partial charge in [-0.2, -0.15) is 16.8 Å². The van der Waals surface area contributed by atoms with Gasteiger partial charge in [0.2, 0.25) is 10.3 Å². The van der Waals surface area contributed by atoms with E-state index >= 15 is 0 Å². The maximum Gasteiger partial charge on any atom is 0.430 e. The lowest BCUT2D eigenvalue weighted by atomic mass is 10.3. The van der Waals surface area contributed by atoms with Crippen LogP contribution in [-0.4, -0.2) is 33.1 Å². The van der Waals surface area contributed by atoms with E-state index in [-0.39, 0.29) is 20.6 Å². The van der Waals surface area contributed by atoms with Gasteiger partial charge in [-0.15, -0.1) is 0 Å². The van der Waals surface area contributed by atoms with Crippen LogP contribution in [0.5, 0.6) is 5.75 Å². The molecule has 0 aliphatic heterocycles. The number of hydrogen-bond donors (Lipinski definition) is 2. The van der Waals surface area contributed by atoms with Gasteiger partial charge in [0, 0.05) is 0 Å². The molecule has 0 amide bonds. The average molecular weight is 501 g/mol. The van der Waals surface area contributed by atoms with Gasteiger partial charge in [0.1, 0.15) is 0 Å². The number of nitrogens with zero attached hydrogens (tertiary/aromatic N) is 2. The Morgan fingerprint density at radius 3 is 2.05 bits per heavy atom. The van der Waals surface area contributed by atoms with Crippen molar-refractivity contribution in [3.05, 3.63) is 14.6 Å². The largest absolute Gasteiger partial charge is 1.00 e. The maximum atomic E-state index is 11.2. The predicted octanol–water partition coefficient (Wildman–Crippen LogP) is -1.72. The third-order valence-corrected chi connectivity index (χ3v) is 4.53. The Labute approximate surface area is 138 Å². The van der Waals surface area contributed by atoms with Gasteiger partial charge in [-0.25, -0.2) is 0 Å². The molecule has 0 bridgehead atoms. The van der Waals surface area contributed by atoms with E-state index in [0.717, 1.165) is 13.2 Å². The van der Waals surface area contributed by atoms with E-state index in [2.05, 4.69) is 4.98 Å². The molecule has 1 rings (SSSR count). The summed E-state index contributed by atoms with van der Waals surface area (Å²) in [5, 5.41) is 8.75. The van der Waals surface area contributed by atoms with E-state index in [9.17, 15) is 16.8 Å². The van der Waals surface area contributed by atoms with Gasteiger partial charge in [-0.1, -0.05) is 0 Å². The molecule has 13 heteroatoms. The summed E-state index contributed by atoms with van der Waals surface area (Å²) in [6, 6.07) is 0.832. The summed E-state index contributed by atoms with van der Waals surface area (Å²) in [6.45, 7) is 0. The van der Waals surface area contributed by atoms with E-state index < -0.39 is 41.5 Å². The highest BCUT2D eigenvalue weighted by atomic mass is 127. The van der Waals surface area contributed by atoms with E-state index in [1.54, 1.807) is 0 Å². The van der Waals surface area contributed by atoms with Gasteiger partial charge in [0.25, 0.3) is 0 Å². The normalized spacial score (nSPS) is 11.3. The van der Waals surface area contributed by atoms with Gasteiger partial charge in [-0.05, 0) is 28.7 Å². The van der Waals surface area contributed by atoms with Crippen molar-refractivity contribution in [2.45, 2.75) is 9.79 Å². The Hall–Kier alpha value is -0.530. The molecule has 0 atom stereocenters. The summed E-state index contributed by atoms with van der Waals surface area (Å²) in [5.41, 5.74) is -1.04. The molecule has 1 aromatic carbocycles. The number of diazo groups is 1. The summed E-state index contributed by atoms with van der Waals surface area (Å²) in [4.78, 5) is 0.454. The minimum Gasteiger partial charge on any atom is -1.00 e. The molecule has 0 saturated heterocycles. The van der Waals surface area contributed by atoms with Gasteiger partial charge >= 0.3 is 25.9 Å². The molecule has 0 aliphatic rings. The Morgan fingerprint density at radius 1 is 1.25 bits per heavy atom. The molecular formula is C7H6BrIN2O7S2. The molecule has 0 saturated carbocycles. The number of halogens is 2. The zero-order valence-corrected chi connectivity index (χ0v) is 14.9. The summed E-state index contributed by atoms with van der Waals surface area (Å²) in [7, 11) is -8.75. The molecule has 0 aromatic heterocycles. The molecular weight excluding hydrogens is 495 g/mol. The monoisotopic (exact) mass is 500 g/mol. The molecule has 112 valence electrons. The number of methoxy groups -OCH3 is 1. The van der Waals surface area contributed by atoms with Crippen LogP contribution in [0.4, 0.5) is 5.69 Å². The highest BCUT2D eigenvalue weighted by Crippen LogP contribution is 2.41. The lowest BCUT2D eigenvalue weighted by Crippen LogP contribution is -3.00. The van der Waals surface area contributed by atoms with Gasteiger partial charge in [0.05, 0.1) is 10.7 Å². The first-order valence-corrected chi connectivity index (χ1v) is 8.20. The topological polar surface area (TPSA) is 146 Å². The van der Waals surface area contributed by atoms with Gasteiger partial charge < -0.3 is 21.7 Å². The second-order valence-electron chi connectivity index (χ2n) is 3.12. The van der Waals surface area contributed by atoms with E-state index in [1.807, 2.05) is 0 Å². The Bertz CT molecular complexity index is 784. The number of hydrogen-bond acceptors (Lipinski definition) is 6. The fourth-order valence-electron chi connectivity index (χ4n) is 1.30. The molecule has 0 aliphatic carbocycles. The first kappa shape index (κ1) is 19.5. The van der Waals surface area contributed by atoms with Crippen LogP contribution < -0.4 is 21.7 Å². The van der Waals surface area contributed by atoms with Crippen molar-refractivity contribution < 1.29 is 47.7 Å². The highest BCUT2D eigenvalue weighted by molar-refractivity contribution is 14.1. The lowest BCUT2D eigenvalue weighted by Gasteiger charge is -2.07. The van der Waals surface area contributed by atoms with E-state index in [4.69, 9.17) is 19.2 Å². The molecule has 9 nitrogen and oxygen atoms in total. The summed E-state index contributed by atoms with van der Waals surface area (Å²) >= 11 is 1.53. The second kappa shape index (κ2) is 6.49. The van der Waals surface area contributed by atoms with Crippen LogP contribution in [0, 0.1) is 8.96 Å². The van der Waals surface area contributed by atoms with Crippen molar-refractivity contribution >= 4 is 48.5 Å². The van der Waals surface area contributed by atoms with Crippen LogP contribution in [0.15, 0.2) is 15.9 Å². The molecule has 0 fully saturated rings. The summed E-state index contributed by atoms with van der Waals surface area (Å²) in [6.07, 6.45) is 0. The highest BCUT2D eigenvalue weighted by Gasteiger charge is 2.39. The van der Waals surface area contributed by atoms with Gasteiger partial charge in [0.15, 0.2) is 15.6 Å². The molecule has 0 heterocycles. The quantitative estimate of drug-likeness (QED) is 0.283. The fourth-order valence-corrected chi connectivity index (χ4v) is 4.03. The minimum atomic E-state index is -4.95. The van der Waals surface area contributed by atoms with Gasteiger partial charge in [-0.3, -0.25) is 9.11 Å². The van der Waals surface area contributed by atoms with Crippen LogP contribution in [-0.2, 0) is 20.2 Å². The van der Waals surface area contributed by atoms with Crippen LogP contribution in [0.25, 0.3) is 4.98 Å². The second-order valence-corrected chi connectivity index (χ2v) is 7.03. The molecule has 0 spiro atoms. The molecule has 0 radical (unpaired) electrons. The van der Waals surface area contributed by atoms with Crippen molar-refractivity contribution in [1.29, 1.82) is 5.39 Å². The Morgan fingerprint density at radius 2 is 1.75 bits per heavy atom. The fraction of sp³-hybridized carbons (Fsp3) is 0.143. The first-order valence-electron chi connectivity index (χ1n) is 4.24. The average Bonchev–Trinajstić information content (AvgIpc) is 2.24. The van der Waals surface area contributed by atoms with Crippen LogP contribution >= 0.6 is 22.6 Å².